The van der Waals surface area contributed by atoms with Crippen molar-refractivity contribution in [3.63, 3.8) is 0 Å². The molecular weight excluding hydrogens is 373 g/mol. The summed E-state index contributed by atoms with van der Waals surface area (Å²) in [6.07, 6.45) is 2.07. The van der Waals surface area contributed by atoms with E-state index in [0.717, 1.165) is 15.6 Å². The van der Waals surface area contributed by atoms with Crippen LogP contribution in [0.15, 0.2) is 65.3 Å². The van der Waals surface area contributed by atoms with E-state index in [2.05, 4.69) is 26.3 Å². The average Bonchev–Trinajstić information content (AvgIpc) is 2.99. The number of nitrogens with zero attached hydrogens (tertiary/aromatic N) is 2. The van der Waals surface area contributed by atoms with Crippen molar-refractivity contribution in [3.05, 3.63) is 82.2 Å². The van der Waals surface area contributed by atoms with Gasteiger partial charge in [0, 0.05) is 16.7 Å². The number of hydrogen-bond acceptors (Lipinski definition) is 2. The number of nitrogens with one attached hydrogen (secondary N) is 1. The summed E-state index contributed by atoms with van der Waals surface area (Å²) in [6.45, 7) is 0.517. The van der Waals surface area contributed by atoms with Crippen molar-refractivity contribution in [2.45, 2.75) is 13.0 Å². The second-order valence-corrected chi connectivity index (χ2v) is 6.29. The van der Waals surface area contributed by atoms with Crippen molar-refractivity contribution in [1.82, 2.24) is 9.78 Å². The van der Waals surface area contributed by atoms with Gasteiger partial charge in [0.05, 0.1) is 13.0 Å². The Balaban J connectivity index is 1.58. The van der Waals surface area contributed by atoms with E-state index in [9.17, 15) is 9.18 Å². The number of anilines is 1. The van der Waals surface area contributed by atoms with E-state index in [-0.39, 0.29) is 18.1 Å². The van der Waals surface area contributed by atoms with E-state index in [0.29, 0.717) is 12.4 Å². The third kappa shape index (κ3) is 4.52. The molecule has 0 aliphatic rings. The van der Waals surface area contributed by atoms with Crippen LogP contribution in [0.1, 0.15) is 11.1 Å². The first kappa shape index (κ1) is 16.4. The number of aromatic nitrogens is 2. The van der Waals surface area contributed by atoms with Crippen molar-refractivity contribution < 1.29 is 9.18 Å². The Bertz CT molecular complexity index is 828. The van der Waals surface area contributed by atoms with Crippen LogP contribution in [0.5, 0.6) is 0 Å². The lowest BCUT2D eigenvalue weighted by atomic mass is 10.1. The molecule has 1 heterocycles. The summed E-state index contributed by atoms with van der Waals surface area (Å²) < 4.78 is 15.6. The van der Waals surface area contributed by atoms with E-state index >= 15 is 0 Å². The van der Waals surface area contributed by atoms with E-state index < -0.39 is 0 Å². The fourth-order valence-corrected chi connectivity index (χ4v) is 2.53. The Morgan fingerprint density at radius 1 is 1.04 bits per heavy atom. The first-order chi connectivity index (χ1) is 11.6. The van der Waals surface area contributed by atoms with Gasteiger partial charge in [0.1, 0.15) is 5.82 Å². The van der Waals surface area contributed by atoms with Crippen molar-refractivity contribution in [2.24, 2.45) is 0 Å². The molecule has 0 bridgehead atoms. The lowest BCUT2D eigenvalue weighted by Gasteiger charge is -2.04. The summed E-state index contributed by atoms with van der Waals surface area (Å²) in [6, 6.07) is 15.6. The largest absolute Gasteiger partial charge is 0.309 e. The molecule has 1 aromatic heterocycles. The average molecular weight is 388 g/mol. The van der Waals surface area contributed by atoms with Crippen molar-refractivity contribution in [2.75, 3.05) is 5.32 Å². The van der Waals surface area contributed by atoms with Gasteiger partial charge in [-0.25, -0.2) is 4.39 Å². The summed E-state index contributed by atoms with van der Waals surface area (Å²) in [5, 5.41) is 7.08. The quantitative estimate of drug-likeness (QED) is 0.718. The van der Waals surface area contributed by atoms with Gasteiger partial charge in [0.15, 0.2) is 5.82 Å². The Kier molecular flexibility index (Phi) is 5.05. The molecule has 3 rings (SSSR count). The third-order valence-electron chi connectivity index (χ3n) is 3.44. The Morgan fingerprint density at radius 3 is 2.42 bits per heavy atom. The molecule has 0 saturated carbocycles. The van der Waals surface area contributed by atoms with Crippen molar-refractivity contribution >= 4 is 27.7 Å². The van der Waals surface area contributed by atoms with Gasteiger partial charge in [0.2, 0.25) is 5.91 Å². The molecule has 0 fully saturated rings. The highest BCUT2D eigenvalue weighted by Gasteiger charge is 2.07. The van der Waals surface area contributed by atoms with Gasteiger partial charge in [-0.15, -0.1) is 0 Å². The molecule has 0 saturated heterocycles. The van der Waals surface area contributed by atoms with E-state index in [1.54, 1.807) is 29.1 Å². The summed E-state index contributed by atoms with van der Waals surface area (Å²) in [5.41, 5.74) is 1.87. The number of hydrogen-bond donors (Lipinski definition) is 1. The van der Waals surface area contributed by atoms with Crippen LogP contribution in [0.25, 0.3) is 0 Å². The van der Waals surface area contributed by atoms with Crippen LogP contribution >= 0.6 is 15.9 Å². The van der Waals surface area contributed by atoms with Crippen LogP contribution in [0, 0.1) is 5.82 Å². The molecule has 4 nitrogen and oxygen atoms in total. The standard InChI is InChI=1S/C18H15BrFN3O/c19-15-5-1-13(2-6-15)11-18(24)21-17-9-10-23(22-17)12-14-3-7-16(20)8-4-14/h1-10H,11-12H2,(H,21,22,24). The normalized spacial score (nSPS) is 10.6. The smallest absolute Gasteiger partial charge is 0.229 e. The van der Waals surface area contributed by atoms with Crippen LogP contribution in [-0.2, 0) is 17.8 Å². The highest BCUT2D eigenvalue weighted by atomic mass is 79.9. The lowest BCUT2D eigenvalue weighted by Crippen LogP contribution is -2.15. The number of carbonyl (C=O) groups is 1. The topological polar surface area (TPSA) is 46.9 Å². The minimum absolute atomic E-state index is 0.121. The predicted octanol–water partition coefficient (Wildman–Crippen LogP) is 4.01. The number of benzene rings is 2. The van der Waals surface area contributed by atoms with Crippen LogP contribution in [-0.4, -0.2) is 15.7 Å². The molecule has 3 aromatic rings. The van der Waals surface area contributed by atoms with Crippen LogP contribution in [0.2, 0.25) is 0 Å². The van der Waals surface area contributed by atoms with Crippen molar-refractivity contribution in [1.29, 1.82) is 0 Å². The monoisotopic (exact) mass is 387 g/mol. The second-order valence-electron chi connectivity index (χ2n) is 5.38. The molecule has 0 aliphatic carbocycles. The summed E-state index contributed by atoms with van der Waals surface area (Å²) >= 11 is 3.37. The molecule has 0 atom stereocenters. The minimum Gasteiger partial charge on any atom is -0.309 e. The Hall–Kier alpha value is -2.47. The lowest BCUT2D eigenvalue weighted by molar-refractivity contribution is -0.115. The fourth-order valence-electron chi connectivity index (χ4n) is 2.27. The van der Waals surface area contributed by atoms with E-state index in [1.807, 2.05) is 24.3 Å². The Morgan fingerprint density at radius 2 is 1.71 bits per heavy atom. The highest BCUT2D eigenvalue weighted by molar-refractivity contribution is 9.10. The van der Waals surface area contributed by atoms with Gasteiger partial charge in [-0.3, -0.25) is 9.48 Å². The third-order valence-corrected chi connectivity index (χ3v) is 3.97. The molecule has 0 spiro atoms. The first-order valence-electron chi connectivity index (χ1n) is 7.41. The van der Waals surface area contributed by atoms with Gasteiger partial charge in [-0.1, -0.05) is 40.2 Å². The highest BCUT2D eigenvalue weighted by Crippen LogP contribution is 2.12. The molecule has 0 unspecified atom stereocenters. The number of amides is 1. The molecule has 0 radical (unpaired) electrons. The summed E-state index contributed by atoms with van der Waals surface area (Å²) in [4.78, 5) is 12.1. The van der Waals surface area contributed by atoms with Crippen LogP contribution < -0.4 is 5.32 Å². The van der Waals surface area contributed by atoms with Crippen LogP contribution in [0.4, 0.5) is 10.2 Å². The predicted molar refractivity (Wildman–Crippen MR) is 94.2 cm³/mol. The SMILES string of the molecule is O=C(Cc1ccc(Br)cc1)Nc1ccn(Cc2ccc(F)cc2)n1. The second kappa shape index (κ2) is 7.40. The van der Waals surface area contributed by atoms with Crippen LogP contribution in [0.3, 0.4) is 0 Å². The zero-order chi connectivity index (χ0) is 16.9. The molecule has 6 heteroatoms. The van der Waals surface area contributed by atoms with Gasteiger partial charge in [-0.05, 0) is 35.4 Å². The first-order valence-corrected chi connectivity index (χ1v) is 8.20. The number of halogens is 2. The molecule has 122 valence electrons. The molecule has 1 N–H and O–H groups in total. The zero-order valence-electron chi connectivity index (χ0n) is 12.7. The van der Waals surface area contributed by atoms with E-state index in [4.69, 9.17) is 0 Å². The summed E-state index contributed by atoms with van der Waals surface area (Å²) in [5.74, 6) is 0.115. The van der Waals surface area contributed by atoms with Gasteiger partial charge >= 0.3 is 0 Å². The molecule has 24 heavy (non-hydrogen) atoms. The molecule has 0 aliphatic heterocycles. The minimum atomic E-state index is -0.264. The van der Waals surface area contributed by atoms with Gasteiger partial charge in [0.25, 0.3) is 0 Å². The maximum Gasteiger partial charge on any atom is 0.229 e. The van der Waals surface area contributed by atoms with Gasteiger partial charge < -0.3 is 5.32 Å². The fraction of sp³-hybridized carbons (Fsp3) is 0.111. The Labute approximate surface area is 147 Å². The van der Waals surface area contributed by atoms with Crippen molar-refractivity contribution in [3.8, 4) is 0 Å². The van der Waals surface area contributed by atoms with E-state index in [1.165, 1.54) is 12.1 Å². The molecule has 2 aromatic carbocycles. The number of rotatable bonds is 5. The molecular formula is C18H15BrFN3O. The van der Waals surface area contributed by atoms with Gasteiger partial charge in [-0.2, -0.15) is 5.10 Å². The molecule has 1 amide bonds. The maximum absolute atomic E-state index is 12.9. The number of carbonyl (C=O) groups excluding carboxylic acids is 1. The maximum atomic E-state index is 12.9. The summed E-state index contributed by atoms with van der Waals surface area (Å²) in [7, 11) is 0. The zero-order valence-corrected chi connectivity index (χ0v) is 14.3.